The number of nitrogens with one attached hydrogen (secondary N) is 2. The maximum absolute atomic E-state index is 13.1. The van der Waals surface area contributed by atoms with Crippen LogP contribution >= 0.6 is 11.3 Å². The summed E-state index contributed by atoms with van der Waals surface area (Å²) in [5.41, 5.74) is -0.799. The van der Waals surface area contributed by atoms with E-state index in [4.69, 9.17) is 0 Å². The zero-order valence-electron chi connectivity index (χ0n) is 14.0. The molecule has 136 valence electrons. The van der Waals surface area contributed by atoms with Gasteiger partial charge in [-0.2, -0.15) is 4.98 Å². The van der Waals surface area contributed by atoms with Gasteiger partial charge in [0.2, 0.25) is 5.95 Å². The standard InChI is InChI=1S/C18H14FN5O2S/c19-11-3-5-12(6-4-11)24-16(25)14-10-21-17(22-15(14)23-18(24)26)20-8-7-13-2-1-9-27-13/h1-6,9-10H,7-8H2,(H2,20,21,22,23,26). The number of fused-ring (bicyclic) bond motifs is 1. The molecule has 0 spiro atoms. The molecule has 3 aromatic heterocycles. The van der Waals surface area contributed by atoms with Crippen molar-refractivity contribution in [1.82, 2.24) is 19.5 Å². The van der Waals surface area contributed by atoms with Crippen molar-refractivity contribution in [2.75, 3.05) is 11.9 Å². The normalized spacial score (nSPS) is 11.0. The number of aromatic nitrogens is 4. The van der Waals surface area contributed by atoms with Crippen LogP contribution in [0.15, 0.2) is 57.6 Å². The number of thiophene rings is 1. The molecule has 0 fully saturated rings. The number of anilines is 1. The summed E-state index contributed by atoms with van der Waals surface area (Å²) in [5.74, 6) is -0.126. The summed E-state index contributed by atoms with van der Waals surface area (Å²) in [6.45, 7) is 0.628. The smallest absolute Gasteiger partial charge is 0.334 e. The Hall–Kier alpha value is -3.33. The lowest BCUT2D eigenvalue weighted by Crippen LogP contribution is -2.34. The number of aromatic amines is 1. The first-order valence-corrected chi connectivity index (χ1v) is 9.04. The molecular formula is C18H14FN5O2S. The Bertz CT molecular complexity index is 1200. The summed E-state index contributed by atoms with van der Waals surface area (Å²) in [6, 6.07) is 9.12. The van der Waals surface area contributed by atoms with E-state index in [0.717, 1.165) is 11.0 Å². The van der Waals surface area contributed by atoms with Crippen molar-refractivity contribution in [3.05, 3.63) is 79.5 Å². The van der Waals surface area contributed by atoms with Crippen molar-refractivity contribution < 1.29 is 4.39 Å². The van der Waals surface area contributed by atoms with Crippen LogP contribution in [-0.2, 0) is 6.42 Å². The van der Waals surface area contributed by atoms with Crippen molar-refractivity contribution in [3.8, 4) is 5.69 Å². The molecule has 0 bridgehead atoms. The van der Waals surface area contributed by atoms with Crippen LogP contribution in [0.3, 0.4) is 0 Å². The monoisotopic (exact) mass is 383 g/mol. The minimum Gasteiger partial charge on any atom is -0.354 e. The lowest BCUT2D eigenvalue weighted by atomic mass is 10.3. The van der Waals surface area contributed by atoms with E-state index >= 15 is 0 Å². The molecule has 0 aliphatic heterocycles. The Morgan fingerprint density at radius 1 is 1.19 bits per heavy atom. The Morgan fingerprint density at radius 3 is 2.74 bits per heavy atom. The topological polar surface area (TPSA) is 92.7 Å². The van der Waals surface area contributed by atoms with Crippen molar-refractivity contribution in [1.29, 1.82) is 0 Å². The highest BCUT2D eigenvalue weighted by Crippen LogP contribution is 2.11. The molecule has 1 aromatic carbocycles. The van der Waals surface area contributed by atoms with Crippen LogP contribution < -0.4 is 16.6 Å². The molecule has 0 saturated carbocycles. The van der Waals surface area contributed by atoms with Gasteiger partial charge in [-0.3, -0.25) is 9.78 Å². The SMILES string of the molecule is O=c1[nH]c2nc(NCCc3cccs3)ncc2c(=O)n1-c1ccc(F)cc1. The highest BCUT2D eigenvalue weighted by atomic mass is 32.1. The number of hydrogen-bond donors (Lipinski definition) is 2. The lowest BCUT2D eigenvalue weighted by Gasteiger charge is -2.07. The second-order valence-electron chi connectivity index (χ2n) is 5.76. The second-order valence-corrected chi connectivity index (χ2v) is 6.79. The predicted octanol–water partition coefficient (Wildman–Crippen LogP) is 2.32. The fourth-order valence-corrected chi connectivity index (χ4v) is 3.37. The molecule has 0 unspecified atom stereocenters. The van der Waals surface area contributed by atoms with E-state index in [1.165, 1.54) is 35.3 Å². The first kappa shape index (κ1) is 17.1. The van der Waals surface area contributed by atoms with Gasteiger partial charge in [0, 0.05) is 17.6 Å². The Balaban J connectivity index is 1.65. The van der Waals surface area contributed by atoms with E-state index in [9.17, 15) is 14.0 Å². The molecule has 3 heterocycles. The summed E-state index contributed by atoms with van der Waals surface area (Å²) in [6.07, 6.45) is 2.19. The van der Waals surface area contributed by atoms with Gasteiger partial charge in [0.25, 0.3) is 5.56 Å². The maximum Gasteiger partial charge on any atom is 0.334 e. The van der Waals surface area contributed by atoms with Gasteiger partial charge in [0.1, 0.15) is 11.2 Å². The van der Waals surface area contributed by atoms with E-state index in [1.54, 1.807) is 11.3 Å². The minimum absolute atomic E-state index is 0.150. The van der Waals surface area contributed by atoms with Gasteiger partial charge in [-0.1, -0.05) is 6.07 Å². The number of benzene rings is 1. The van der Waals surface area contributed by atoms with Crippen LogP contribution in [0, 0.1) is 5.82 Å². The van der Waals surface area contributed by atoms with Crippen molar-refractivity contribution >= 4 is 28.3 Å². The van der Waals surface area contributed by atoms with Crippen LogP contribution in [0.25, 0.3) is 16.7 Å². The van der Waals surface area contributed by atoms with Gasteiger partial charge in [0.05, 0.1) is 5.69 Å². The summed E-state index contributed by atoms with van der Waals surface area (Å²) >= 11 is 1.67. The molecule has 4 aromatic rings. The van der Waals surface area contributed by atoms with Gasteiger partial charge in [-0.15, -0.1) is 11.3 Å². The minimum atomic E-state index is -0.651. The van der Waals surface area contributed by atoms with E-state index < -0.39 is 17.1 Å². The summed E-state index contributed by atoms with van der Waals surface area (Å²) in [7, 11) is 0. The summed E-state index contributed by atoms with van der Waals surface area (Å²) < 4.78 is 14.0. The van der Waals surface area contributed by atoms with Gasteiger partial charge in [-0.05, 0) is 42.1 Å². The Labute approximate surface area is 156 Å². The molecule has 0 atom stereocenters. The van der Waals surface area contributed by atoms with Crippen molar-refractivity contribution in [2.24, 2.45) is 0 Å². The molecule has 4 rings (SSSR count). The largest absolute Gasteiger partial charge is 0.354 e. The van der Waals surface area contributed by atoms with Crippen LogP contribution in [0.1, 0.15) is 4.88 Å². The van der Waals surface area contributed by atoms with E-state index in [1.807, 2.05) is 17.5 Å². The molecule has 27 heavy (non-hydrogen) atoms. The molecular weight excluding hydrogens is 369 g/mol. The fraction of sp³-hybridized carbons (Fsp3) is 0.111. The third-order valence-corrected chi connectivity index (χ3v) is 4.91. The van der Waals surface area contributed by atoms with Crippen LogP contribution in [0.2, 0.25) is 0 Å². The molecule has 0 amide bonds. The van der Waals surface area contributed by atoms with Gasteiger partial charge in [-0.25, -0.2) is 18.7 Å². The van der Waals surface area contributed by atoms with Crippen molar-refractivity contribution in [2.45, 2.75) is 6.42 Å². The number of nitrogens with zero attached hydrogens (tertiary/aromatic N) is 3. The molecule has 0 radical (unpaired) electrons. The average molecular weight is 383 g/mol. The zero-order chi connectivity index (χ0) is 18.8. The lowest BCUT2D eigenvalue weighted by molar-refractivity contribution is 0.627. The van der Waals surface area contributed by atoms with Crippen LogP contribution in [-0.4, -0.2) is 26.1 Å². The quantitative estimate of drug-likeness (QED) is 0.552. The van der Waals surface area contributed by atoms with Gasteiger partial charge >= 0.3 is 5.69 Å². The number of rotatable bonds is 5. The summed E-state index contributed by atoms with van der Waals surface area (Å²) in [5, 5.41) is 5.26. The van der Waals surface area contributed by atoms with Crippen LogP contribution in [0.4, 0.5) is 10.3 Å². The second kappa shape index (κ2) is 7.12. The molecule has 2 N–H and O–H groups in total. The van der Waals surface area contributed by atoms with E-state index in [-0.39, 0.29) is 16.7 Å². The molecule has 0 aliphatic carbocycles. The highest BCUT2D eigenvalue weighted by Gasteiger charge is 2.12. The maximum atomic E-state index is 13.1. The average Bonchev–Trinajstić information content (AvgIpc) is 3.16. The molecule has 0 aliphatic rings. The van der Waals surface area contributed by atoms with Gasteiger partial charge < -0.3 is 5.32 Å². The third-order valence-electron chi connectivity index (χ3n) is 3.97. The fourth-order valence-electron chi connectivity index (χ4n) is 2.67. The van der Waals surface area contributed by atoms with Gasteiger partial charge in [0.15, 0.2) is 5.65 Å². The van der Waals surface area contributed by atoms with Crippen LogP contribution in [0.5, 0.6) is 0 Å². The number of hydrogen-bond acceptors (Lipinski definition) is 6. The van der Waals surface area contributed by atoms with Crippen molar-refractivity contribution in [3.63, 3.8) is 0 Å². The number of halogens is 1. The molecule has 0 saturated heterocycles. The molecule has 7 nitrogen and oxygen atoms in total. The first-order chi connectivity index (χ1) is 13.1. The zero-order valence-corrected chi connectivity index (χ0v) is 14.8. The first-order valence-electron chi connectivity index (χ1n) is 8.16. The summed E-state index contributed by atoms with van der Waals surface area (Å²) in [4.78, 5) is 37.2. The Morgan fingerprint density at radius 2 is 2.00 bits per heavy atom. The Kier molecular flexibility index (Phi) is 4.51. The molecule has 9 heteroatoms. The van der Waals surface area contributed by atoms with E-state index in [2.05, 4.69) is 20.3 Å². The van der Waals surface area contributed by atoms with E-state index in [0.29, 0.717) is 12.5 Å². The highest BCUT2D eigenvalue weighted by molar-refractivity contribution is 7.09. The predicted molar refractivity (Wildman–Crippen MR) is 102 cm³/mol. The third kappa shape index (κ3) is 3.49. The number of H-pyrrole nitrogens is 1.